The van der Waals surface area contributed by atoms with Crippen LogP contribution in [0.5, 0.6) is 0 Å². The monoisotopic (exact) mass is 539 g/mol. The molecule has 0 heterocycles. The van der Waals surface area contributed by atoms with Crippen molar-refractivity contribution >= 4 is 0 Å². The zero-order chi connectivity index (χ0) is 28.4. The largest absolute Gasteiger partial charge is 0.309 e. The van der Waals surface area contributed by atoms with Crippen molar-refractivity contribution in [1.29, 1.82) is 0 Å². The van der Waals surface area contributed by atoms with Gasteiger partial charge in [-0.3, -0.25) is 0 Å². The van der Waals surface area contributed by atoms with Crippen LogP contribution in [0.25, 0.3) is 0 Å². The number of unbranched alkanes of at least 4 members (excludes halogenated alkanes) is 26. The van der Waals surface area contributed by atoms with Crippen molar-refractivity contribution in [3.8, 4) is 0 Å². The lowest BCUT2D eigenvalue weighted by Gasteiger charge is -2.08. The highest BCUT2D eigenvalue weighted by Crippen LogP contribution is 2.14. The molecule has 0 aliphatic heterocycles. The molecular formula is C36H78N2. The Morgan fingerprint density at radius 3 is 0.553 bits per heavy atom. The average molecular weight is 539 g/mol. The van der Waals surface area contributed by atoms with Crippen molar-refractivity contribution in [2.45, 2.75) is 194 Å². The molecule has 0 aromatic rings. The van der Waals surface area contributed by atoms with Crippen LogP contribution in [0.1, 0.15) is 194 Å². The van der Waals surface area contributed by atoms with E-state index in [1.807, 2.05) is 0 Å². The Balaban J connectivity index is 0. The van der Waals surface area contributed by atoms with Gasteiger partial charge in [-0.15, -0.1) is 0 Å². The molecule has 2 nitrogen and oxygen atoms in total. The van der Waals surface area contributed by atoms with Crippen LogP contribution in [0.2, 0.25) is 0 Å². The van der Waals surface area contributed by atoms with E-state index in [0.717, 1.165) is 0 Å². The zero-order valence-electron chi connectivity index (χ0n) is 28.1. The lowest BCUT2D eigenvalue weighted by atomic mass is 10.0. The first-order valence-corrected chi connectivity index (χ1v) is 17.8. The summed E-state index contributed by atoms with van der Waals surface area (Å²) in [4.78, 5) is 4.58. The Labute approximate surface area is 244 Å². The molecule has 232 valence electrons. The van der Waals surface area contributed by atoms with Crippen LogP contribution in [0.4, 0.5) is 0 Å². The molecule has 0 aliphatic carbocycles. The first-order valence-electron chi connectivity index (χ1n) is 17.8. The fraction of sp³-hybridized carbons (Fsp3) is 1.00. The quantitative estimate of drug-likeness (QED) is 0.0839. The lowest BCUT2D eigenvalue weighted by Crippen LogP contribution is -2.12. The second-order valence-corrected chi connectivity index (χ2v) is 12.8. The molecule has 0 saturated carbocycles. The Morgan fingerprint density at radius 2 is 0.395 bits per heavy atom. The van der Waals surface area contributed by atoms with Crippen molar-refractivity contribution in [2.75, 3.05) is 41.3 Å². The second-order valence-electron chi connectivity index (χ2n) is 12.8. The fourth-order valence-electron chi connectivity index (χ4n) is 5.25. The maximum atomic E-state index is 2.30. The van der Waals surface area contributed by atoms with E-state index in [4.69, 9.17) is 0 Å². The first kappa shape index (κ1) is 40.1. The minimum absolute atomic E-state index is 1.26. The molecule has 0 aromatic carbocycles. The summed E-state index contributed by atoms with van der Waals surface area (Å²) in [5.74, 6) is 0. The molecule has 0 spiro atoms. The molecule has 0 rings (SSSR count). The summed E-state index contributed by atoms with van der Waals surface area (Å²) in [6.07, 6.45) is 40.6. The predicted molar refractivity (Wildman–Crippen MR) is 178 cm³/mol. The third-order valence-electron chi connectivity index (χ3n) is 7.92. The van der Waals surface area contributed by atoms with Crippen molar-refractivity contribution < 1.29 is 0 Å². The summed E-state index contributed by atoms with van der Waals surface area (Å²) in [5, 5.41) is 0. The summed E-state index contributed by atoms with van der Waals surface area (Å²) in [5.41, 5.74) is 0. The molecule has 38 heavy (non-hydrogen) atoms. The summed E-state index contributed by atoms with van der Waals surface area (Å²) < 4.78 is 0. The van der Waals surface area contributed by atoms with Gasteiger partial charge in [0.25, 0.3) is 0 Å². The van der Waals surface area contributed by atoms with Gasteiger partial charge < -0.3 is 9.80 Å². The molecule has 0 bridgehead atoms. The van der Waals surface area contributed by atoms with Crippen LogP contribution < -0.4 is 0 Å². The molecule has 0 aromatic heterocycles. The van der Waals surface area contributed by atoms with Gasteiger partial charge in [0.1, 0.15) is 0 Å². The summed E-state index contributed by atoms with van der Waals surface area (Å²) in [6.45, 7) is 7.11. The molecule has 0 aliphatic rings. The number of hydrogen-bond donors (Lipinski definition) is 0. The van der Waals surface area contributed by atoms with E-state index < -0.39 is 0 Å². The van der Waals surface area contributed by atoms with E-state index in [1.54, 1.807) is 0 Å². The lowest BCUT2D eigenvalue weighted by molar-refractivity contribution is 0.389. The predicted octanol–water partition coefficient (Wildman–Crippen LogP) is 12.1. The van der Waals surface area contributed by atoms with E-state index in [9.17, 15) is 0 Å². The highest BCUT2D eigenvalue weighted by atomic mass is 15.0. The standard InChI is InChI=1S/C20H43N.C16H35N/c1-4-5-6-7-8-9-10-11-12-13-14-15-16-17-18-19-20-21(2)3;1-4-5-6-7-8-9-10-11-12-13-14-15-16-17(2)3/h4-20H2,1-3H3;4-16H2,1-3H3. The molecule has 0 atom stereocenters. The number of nitrogens with zero attached hydrogens (tertiary/aromatic N) is 2. The topological polar surface area (TPSA) is 6.48 Å². The van der Waals surface area contributed by atoms with E-state index in [-0.39, 0.29) is 0 Å². The van der Waals surface area contributed by atoms with E-state index in [0.29, 0.717) is 0 Å². The summed E-state index contributed by atoms with van der Waals surface area (Å²) in [6, 6.07) is 0. The van der Waals surface area contributed by atoms with Crippen LogP contribution in [-0.4, -0.2) is 51.1 Å². The van der Waals surface area contributed by atoms with Gasteiger partial charge in [0.05, 0.1) is 0 Å². The Bertz CT molecular complexity index is 380. The highest BCUT2D eigenvalue weighted by molar-refractivity contribution is 4.52. The van der Waals surface area contributed by atoms with Crippen molar-refractivity contribution in [1.82, 2.24) is 9.80 Å². The third-order valence-corrected chi connectivity index (χ3v) is 7.92. The molecule has 2 heteroatoms. The molecule has 0 fully saturated rings. The number of rotatable bonds is 30. The van der Waals surface area contributed by atoms with Crippen LogP contribution in [-0.2, 0) is 0 Å². The maximum Gasteiger partial charge on any atom is -0.00248 e. The van der Waals surface area contributed by atoms with E-state index >= 15 is 0 Å². The van der Waals surface area contributed by atoms with E-state index in [1.165, 1.54) is 193 Å². The normalized spacial score (nSPS) is 11.4. The van der Waals surface area contributed by atoms with E-state index in [2.05, 4.69) is 51.8 Å². The van der Waals surface area contributed by atoms with Gasteiger partial charge >= 0.3 is 0 Å². The number of hydrogen-bond acceptors (Lipinski definition) is 2. The Morgan fingerprint density at radius 1 is 0.237 bits per heavy atom. The smallest absolute Gasteiger partial charge is 0.00248 e. The van der Waals surface area contributed by atoms with Gasteiger partial charge in [-0.2, -0.15) is 0 Å². The van der Waals surface area contributed by atoms with Crippen molar-refractivity contribution in [2.24, 2.45) is 0 Å². The molecule has 0 amide bonds. The molecule has 0 N–H and O–H groups in total. The van der Waals surface area contributed by atoms with Crippen LogP contribution in [0.3, 0.4) is 0 Å². The minimum Gasteiger partial charge on any atom is -0.309 e. The van der Waals surface area contributed by atoms with Gasteiger partial charge in [0.2, 0.25) is 0 Å². The van der Waals surface area contributed by atoms with Crippen molar-refractivity contribution in [3.63, 3.8) is 0 Å². The van der Waals surface area contributed by atoms with Crippen molar-refractivity contribution in [3.05, 3.63) is 0 Å². The highest BCUT2D eigenvalue weighted by Gasteiger charge is 1.96. The molecule has 0 radical (unpaired) electrons. The van der Waals surface area contributed by atoms with Gasteiger partial charge in [0, 0.05) is 0 Å². The minimum atomic E-state index is 1.26. The van der Waals surface area contributed by atoms with Gasteiger partial charge in [0.15, 0.2) is 0 Å². The fourth-order valence-corrected chi connectivity index (χ4v) is 5.25. The summed E-state index contributed by atoms with van der Waals surface area (Å²) >= 11 is 0. The molecule has 0 saturated heterocycles. The van der Waals surface area contributed by atoms with Gasteiger partial charge in [-0.05, 0) is 54.1 Å². The molecular weight excluding hydrogens is 460 g/mol. The van der Waals surface area contributed by atoms with Crippen LogP contribution in [0, 0.1) is 0 Å². The first-order chi connectivity index (χ1) is 18.5. The maximum absolute atomic E-state index is 2.30. The average Bonchev–Trinajstić information content (AvgIpc) is 2.89. The van der Waals surface area contributed by atoms with Gasteiger partial charge in [-0.1, -0.05) is 181 Å². The summed E-state index contributed by atoms with van der Waals surface area (Å²) in [7, 11) is 8.67. The second kappa shape index (κ2) is 36.9. The van der Waals surface area contributed by atoms with Crippen LogP contribution in [0.15, 0.2) is 0 Å². The Kier molecular flexibility index (Phi) is 38.9. The Hall–Kier alpha value is -0.0800. The zero-order valence-corrected chi connectivity index (χ0v) is 28.1. The van der Waals surface area contributed by atoms with Crippen LogP contribution >= 0.6 is 0 Å². The molecule has 0 unspecified atom stereocenters. The SMILES string of the molecule is CCCCCCCCCCCCCCCCCCN(C)C.CCCCCCCCCCCCCCN(C)C. The van der Waals surface area contributed by atoms with Gasteiger partial charge in [-0.25, -0.2) is 0 Å². The third kappa shape index (κ3) is 43.0.